The maximum atomic E-state index is 13.3. The van der Waals surface area contributed by atoms with Crippen LogP contribution in [-0.4, -0.2) is 26.4 Å². The summed E-state index contributed by atoms with van der Waals surface area (Å²) in [5.74, 6) is 0.686. The van der Waals surface area contributed by atoms with Crippen LogP contribution >= 0.6 is 0 Å². The number of pyridine rings is 1. The smallest absolute Gasteiger partial charge is 0.399 e. The molecule has 34 heavy (non-hydrogen) atoms. The summed E-state index contributed by atoms with van der Waals surface area (Å²) in [6.45, 7) is 2.17. The van der Waals surface area contributed by atoms with E-state index in [1.165, 1.54) is 12.1 Å². The second-order valence-electron chi connectivity index (χ2n) is 8.34. The summed E-state index contributed by atoms with van der Waals surface area (Å²) in [6, 6.07) is 16.5. The third-order valence-corrected chi connectivity index (χ3v) is 5.92. The second kappa shape index (κ2) is 8.87. The first-order valence-corrected chi connectivity index (χ1v) is 10.9. The highest BCUT2D eigenvalue weighted by Crippen LogP contribution is 2.36. The van der Waals surface area contributed by atoms with Crippen molar-refractivity contribution in [3.63, 3.8) is 0 Å². The largest absolute Gasteiger partial charge is 0.417 e. The van der Waals surface area contributed by atoms with Crippen molar-refractivity contribution in [2.24, 2.45) is 0 Å². The van der Waals surface area contributed by atoms with Gasteiger partial charge in [0.05, 0.1) is 17.0 Å². The van der Waals surface area contributed by atoms with Gasteiger partial charge in [-0.1, -0.05) is 24.3 Å². The maximum Gasteiger partial charge on any atom is 0.417 e. The monoisotopic (exact) mass is 461 g/mol. The molecule has 1 aliphatic rings. The Morgan fingerprint density at radius 1 is 0.912 bits per heavy atom. The highest BCUT2D eigenvalue weighted by Gasteiger charge is 2.33. The molecule has 0 bridgehead atoms. The zero-order valence-electron chi connectivity index (χ0n) is 18.3. The van der Waals surface area contributed by atoms with Crippen LogP contribution in [0.3, 0.4) is 0 Å². The van der Waals surface area contributed by atoms with E-state index in [1.54, 1.807) is 18.3 Å². The molecule has 0 saturated carbocycles. The third-order valence-electron chi connectivity index (χ3n) is 5.92. The Morgan fingerprint density at radius 3 is 2.44 bits per heavy atom. The van der Waals surface area contributed by atoms with E-state index in [0.29, 0.717) is 30.3 Å². The van der Waals surface area contributed by atoms with E-state index in [-0.39, 0.29) is 5.56 Å². The lowest BCUT2D eigenvalue weighted by Gasteiger charge is -2.28. The number of nitrogens with two attached hydrogens (primary N) is 1. The van der Waals surface area contributed by atoms with Crippen molar-refractivity contribution < 1.29 is 13.2 Å². The van der Waals surface area contributed by atoms with E-state index >= 15 is 0 Å². The summed E-state index contributed by atoms with van der Waals surface area (Å²) in [7, 11) is 0. The number of fused-ring (bicyclic) bond motifs is 1. The molecule has 0 atom stereocenters. The Balaban J connectivity index is 1.28. The van der Waals surface area contributed by atoms with Gasteiger partial charge in [-0.15, -0.1) is 0 Å². The van der Waals surface area contributed by atoms with E-state index in [2.05, 4.69) is 14.9 Å². The number of hydrogen-bond acceptors (Lipinski definition) is 5. The van der Waals surface area contributed by atoms with Crippen LogP contribution in [0.2, 0.25) is 0 Å². The fourth-order valence-corrected chi connectivity index (χ4v) is 4.17. The number of nitrogen functional groups attached to an aromatic ring is 1. The van der Waals surface area contributed by atoms with Crippen molar-refractivity contribution in [2.45, 2.75) is 25.7 Å². The molecule has 5 nitrogen and oxygen atoms in total. The van der Waals surface area contributed by atoms with Crippen molar-refractivity contribution in [3.8, 4) is 22.6 Å². The van der Waals surface area contributed by atoms with Crippen LogP contribution in [0.4, 0.5) is 18.9 Å². The van der Waals surface area contributed by atoms with Crippen LogP contribution in [-0.2, 0) is 25.7 Å². The normalized spacial score (nSPS) is 14.1. The van der Waals surface area contributed by atoms with Gasteiger partial charge >= 0.3 is 6.18 Å². The first-order chi connectivity index (χ1) is 16.4. The van der Waals surface area contributed by atoms with Crippen molar-refractivity contribution in [1.29, 1.82) is 0 Å². The zero-order chi connectivity index (χ0) is 23.7. The highest BCUT2D eigenvalue weighted by molar-refractivity contribution is 5.64. The van der Waals surface area contributed by atoms with Gasteiger partial charge in [0.25, 0.3) is 0 Å². The summed E-state index contributed by atoms with van der Waals surface area (Å²) in [5.41, 5.74) is 10.2. The fourth-order valence-electron chi connectivity index (χ4n) is 4.17. The van der Waals surface area contributed by atoms with Crippen LogP contribution in [0.1, 0.15) is 22.4 Å². The first kappa shape index (κ1) is 22.0. The Kier molecular flexibility index (Phi) is 5.75. The summed E-state index contributed by atoms with van der Waals surface area (Å²) in [5, 5.41) is 0. The van der Waals surface area contributed by atoms with E-state index < -0.39 is 11.7 Å². The molecule has 0 radical (unpaired) electrons. The number of benzene rings is 2. The van der Waals surface area contributed by atoms with Crippen molar-refractivity contribution in [2.75, 3.05) is 12.3 Å². The molecule has 5 rings (SSSR count). The Hall–Kier alpha value is -3.78. The summed E-state index contributed by atoms with van der Waals surface area (Å²) < 4.78 is 40.0. The number of nitrogens with zero attached hydrogens (tertiary/aromatic N) is 4. The molecule has 172 valence electrons. The minimum absolute atomic E-state index is 0.0857. The van der Waals surface area contributed by atoms with Crippen LogP contribution in [0.15, 0.2) is 73.1 Å². The molecule has 1 aliphatic heterocycles. The molecule has 0 aliphatic carbocycles. The van der Waals surface area contributed by atoms with Gasteiger partial charge in [0.2, 0.25) is 0 Å². The number of rotatable bonds is 4. The molecule has 3 heterocycles. The van der Waals surface area contributed by atoms with Gasteiger partial charge in [-0.2, -0.15) is 13.2 Å². The third kappa shape index (κ3) is 4.63. The second-order valence-corrected chi connectivity index (χ2v) is 8.34. The number of hydrogen-bond donors (Lipinski definition) is 1. The minimum Gasteiger partial charge on any atom is -0.399 e. The minimum atomic E-state index is -4.42. The van der Waals surface area contributed by atoms with Crippen molar-refractivity contribution >= 4 is 5.69 Å². The molecule has 4 aromatic rings. The van der Waals surface area contributed by atoms with Crippen LogP contribution in [0.5, 0.6) is 0 Å². The predicted molar refractivity (Wildman–Crippen MR) is 124 cm³/mol. The number of alkyl halides is 3. The molecule has 2 N–H and O–H groups in total. The lowest BCUT2D eigenvalue weighted by Crippen LogP contribution is -2.31. The van der Waals surface area contributed by atoms with Gasteiger partial charge < -0.3 is 5.73 Å². The summed E-state index contributed by atoms with van der Waals surface area (Å²) in [4.78, 5) is 15.9. The van der Waals surface area contributed by atoms with Crippen LogP contribution in [0.25, 0.3) is 22.6 Å². The number of halogens is 3. The first-order valence-electron chi connectivity index (χ1n) is 10.9. The summed E-state index contributed by atoms with van der Waals surface area (Å²) >= 11 is 0. The molecular weight excluding hydrogens is 439 g/mol. The maximum absolute atomic E-state index is 13.3. The van der Waals surface area contributed by atoms with Crippen molar-refractivity contribution in [1.82, 2.24) is 19.9 Å². The molecule has 2 aromatic heterocycles. The van der Waals surface area contributed by atoms with E-state index in [9.17, 15) is 13.2 Å². The predicted octanol–water partition coefficient (Wildman–Crippen LogP) is 5.36. The summed E-state index contributed by atoms with van der Waals surface area (Å²) in [6.07, 6.45) is -0.105. The lowest BCUT2D eigenvalue weighted by molar-refractivity contribution is -0.137. The van der Waals surface area contributed by atoms with Crippen LogP contribution < -0.4 is 5.73 Å². The van der Waals surface area contributed by atoms with Gasteiger partial charge in [0.15, 0.2) is 5.82 Å². The van der Waals surface area contributed by atoms with Gasteiger partial charge in [0, 0.05) is 60.8 Å². The van der Waals surface area contributed by atoms with Crippen LogP contribution in [0, 0.1) is 0 Å². The quantitative estimate of drug-likeness (QED) is 0.414. The molecule has 0 amide bonds. The average molecular weight is 461 g/mol. The Morgan fingerprint density at radius 2 is 1.71 bits per heavy atom. The zero-order valence-corrected chi connectivity index (χ0v) is 18.3. The topological polar surface area (TPSA) is 67.9 Å². The van der Waals surface area contributed by atoms with Crippen molar-refractivity contribution in [3.05, 3.63) is 95.4 Å². The van der Waals surface area contributed by atoms with E-state index in [1.807, 2.05) is 36.5 Å². The Bertz CT molecular complexity index is 1300. The molecule has 2 aromatic carbocycles. The number of anilines is 1. The lowest BCUT2D eigenvalue weighted by atomic mass is 10.0. The molecule has 0 fully saturated rings. The molecule has 0 spiro atoms. The fraction of sp³-hybridized carbons (Fsp3) is 0.192. The molecular formula is C26H22F3N5. The molecule has 0 saturated heterocycles. The highest BCUT2D eigenvalue weighted by atomic mass is 19.4. The van der Waals surface area contributed by atoms with Gasteiger partial charge in [-0.3, -0.25) is 9.88 Å². The van der Waals surface area contributed by atoms with Gasteiger partial charge in [0.1, 0.15) is 0 Å². The Labute approximate surface area is 195 Å². The van der Waals surface area contributed by atoms with E-state index in [0.717, 1.165) is 41.4 Å². The SMILES string of the molecule is Nc1ccc(-c2ncc3c(n2)CCN(Cc2ccc(-c4ccccc4C(F)(F)F)nc2)C3)cc1. The number of aromatic nitrogens is 3. The van der Waals surface area contributed by atoms with E-state index in [4.69, 9.17) is 10.7 Å². The average Bonchev–Trinajstić information content (AvgIpc) is 2.84. The van der Waals surface area contributed by atoms with Gasteiger partial charge in [-0.05, 0) is 42.0 Å². The van der Waals surface area contributed by atoms with Gasteiger partial charge in [-0.25, -0.2) is 9.97 Å². The molecule has 0 unspecified atom stereocenters. The standard InChI is InChI=1S/C26H22F3N5/c27-26(28,29)22-4-2-1-3-21(22)24-10-5-17(13-31-24)15-34-12-11-23-19(16-34)14-32-25(33-23)18-6-8-20(30)9-7-18/h1-10,13-14H,11-12,15-16,30H2. The molecule has 8 heteroatoms.